The molecule has 196 valence electrons. The monoisotopic (exact) mass is 611 g/mol. The van der Waals surface area contributed by atoms with Gasteiger partial charge in [0.1, 0.15) is 0 Å². The van der Waals surface area contributed by atoms with Crippen LogP contribution in [0.3, 0.4) is 0 Å². The number of nitrogens with zero attached hydrogens (tertiary/aromatic N) is 3. The van der Waals surface area contributed by atoms with Crippen LogP contribution in [0.4, 0.5) is 17.6 Å². The number of alkyl halides is 3. The zero-order valence-electron chi connectivity index (χ0n) is 21.5. The van der Waals surface area contributed by atoms with E-state index in [1.54, 1.807) is 12.1 Å². The molecule has 1 aromatic heterocycles. The van der Waals surface area contributed by atoms with Gasteiger partial charge in [-0.05, 0) is 0 Å². The molecule has 0 bridgehead atoms. The second-order valence-electron chi connectivity index (χ2n) is 9.74. The van der Waals surface area contributed by atoms with Crippen molar-refractivity contribution >= 4 is 22.1 Å². The van der Waals surface area contributed by atoms with E-state index in [1.165, 1.54) is 37.6 Å². The molecule has 0 atom stereocenters. The van der Waals surface area contributed by atoms with Crippen LogP contribution in [-0.2, 0) is 12.7 Å². The molecule has 0 aliphatic heterocycles. The molecule has 0 N–H and O–H groups in total. The standard InChI is InChI=1S/C16H10F4N3.3C4H9.Sn/c17-14-7-3-12(4-8-14)15-9-21-22-23(15)10-11-1-5-13(6-2-11)16(18,19)20;3*1-3-4-2;/h1-8H,10H2;3*1,3-4H2,2H3;. The van der Waals surface area contributed by atoms with Crippen LogP contribution in [0.15, 0.2) is 48.5 Å². The molecule has 0 saturated carbocycles. The van der Waals surface area contributed by atoms with Crippen LogP contribution in [0.1, 0.15) is 70.4 Å². The average Bonchev–Trinajstić information content (AvgIpc) is 3.28. The van der Waals surface area contributed by atoms with Gasteiger partial charge in [0, 0.05) is 0 Å². The third kappa shape index (κ3) is 7.11. The van der Waals surface area contributed by atoms with Crippen molar-refractivity contribution in [3.05, 3.63) is 65.5 Å². The van der Waals surface area contributed by atoms with E-state index in [4.69, 9.17) is 5.10 Å². The predicted molar refractivity (Wildman–Crippen MR) is 140 cm³/mol. The third-order valence-corrected chi connectivity index (χ3v) is 22.0. The molecule has 0 saturated heterocycles. The van der Waals surface area contributed by atoms with E-state index >= 15 is 0 Å². The SMILES string of the molecule is CCC[CH2][Sn]([CH2]CCC)([CH2]CCC)[c]1nnn(Cc2ccc(C(F)(F)F)cc2)c1-c1ccc(F)cc1. The van der Waals surface area contributed by atoms with Crippen molar-refractivity contribution in [2.45, 2.75) is 85.3 Å². The van der Waals surface area contributed by atoms with Crippen molar-refractivity contribution in [2.24, 2.45) is 0 Å². The molecule has 0 radical (unpaired) electrons. The summed E-state index contributed by atoms with van der Waals surface area (Å²) in [6.07, 6.45) is 2.51. The summed E-state index contributed by atoms with van der Waals surface area (Å²) in [7, 11) is 0. The summed E-state index contributed by atoms with van der Waals surface area (Å²) in [5.74, 6) is -0.306. The van der Waals surface area contributed by atoms with Crippen LogP contribution in [0.5, 0.6) is 0 Å². The van der Waals surface area contributed by atoms with Gasteiger partial charge in [-0.25, -0.2) is 0 Å². The Morgan fingerprint density at radius 2 is 1.31 bits per heavy atom. The first kappa shape index (κ1) is 28.7. The Morgan fingerprint density at radius 1 is 0.778 bits per heavy atom. The molecule has 0 aliphatic carbocycles. The summed E-state index contributed by atoms with van der Waals surface area (Å²) >= 11 is -3.01. The maximum atomic E-state index is 13.8. The van der Waals surface area contributed by atoms with Gasteiger partial charge in [-0.3, -0.25) is 0 Å². The zero-order valence-corrected chi connectivity index (χ0v) is 24.4. The quantitative estimate of drug-likeness (QED) is 0.144. The van der Waals surface area contributed by atoms with Crippen LogP contribution >= 0.6 is 0 Å². The fourth-order valence-corrected chi connectivity index (χ4v) is 20.9. The zero-order chi connectivity index (χ0) is 26.2. The number of halogens is 4. The minimum atomic E-state index is -4.37. The summed E-state index contributed by atoms with van der Waals surface area (Å²) in [6.45, 7) is 6.98. The number of rotatable bonds is 13. The van der Waals surface area contributed by atoms with Crippen molar-refractivity contribution in [3.8, 4) is 11.3 Å². The topological polar surface area (TPSA) is 30.7 Å². The van der Waals surface area contributed by atoms with Crippen molar-refractivity contribution in [1.82, 2.24) is 15.0 Å². The first-order valence-electron chi connectivity index (χ1n) is 13.1. The molecule has 0 spiro atoms. The normalized spacial score (nSPS) is 12.3. The summed E-state index contributed by atoms with van der Waals surface area (Å²) < 4.78 is 59.6. The van der Waals surface area contributed by atoms with Gasteiger partial charge in [-0.2, -0.15) is 0 Å². The number of hydrogen-bond donors (Lipinski definition) is 0. The van der Waals surface area contributed by atoms with Crippen molar-refractivity contribution < 1.29 is 17.6 Å². The van der Waals surface area contributed by atoms with Crippen molar-refractivity contribution in [3.63, 3.8) is 0 Å². The summed E-state index contributed by atoms with van der Waals surface area (Å²) in [6, 6.07) is 11.7. The Balaban J connectivity index is 2.12. The fourth-order valence-electron chi connectivity index (χ4n) is 4.92. The fraction of sp³-hybridized carbons (Fsp3) is 0.500. The van der Waals surface area contributed by atoms with Crippen LogP contribution in [0.2, 0.25) is 13.3 Å². The predicted octanol–water partition coefficient (Wildman–Crippen LogP) is 8.21. The minimum absolute atomic E-state index is 0.306. The second kappa shape index (κ2) is 13.1. The van der Waals surface area contributed by atoms with Crippen LogP contribution in [-0.4, -0.2) is 33.4 Å². The van der Waals surface area contributed by atoms with Crippen molar-refractivity contribution in [2.75, 3.05) is 0 Å². The molecule has 3 rings (SSSR count). The third-order valence-electron chi connectivity index (χ3n) is 7.00. The van der Waals surface area contributed by atoms with Gasteiger partial charge >= 0.3 is 217 Å². The average molecular weight is 610 g/mol. The van der Waals surface area contributed by atoms with E-state index in [-0.39, 0.29) is 5.82 Å². The Morgan fingerprint density at radius 3 is 1.78 bits per heavy atom. The molecular weight excluding hydrogens is 573 g/mol. The Bertz CT molecular complexity index is 1050. The molecule has 36 heavy (non-hydrogen) atoms. The summed E-state index contributed by atoms with van der Waals surface area (Å²) in [4.78, 5) is 0. The van der Waals surface area contributed by atoms with Crippen molar-refractivity contribution in [1.29, 1.82) is 0 Å². The summed E-state index contributed by atoms with van der Waals surface area (Å²) in [5, 5.41) is 9.41. The number of aromatic nitrogens is 3. The molecule has 3 nitrogen and oxygen atoms in total. The van der Waals surface area contributed by atoms with E-state index in [9.17, 15) is 17.6 Å². The molecule has 0 aliphatic rings. The number of benzene rings is 2. The van der Waals surface area contributed by atoms with Crippen LogP contribution in [0, 0.1) is 5.82 Å². The maximum absolute atomic E-state index is 13.8. The van der Waals surface area contributed by atoms with E-state index in [2.05, 4.69) is 26.0 Å². The van der Waals surface area contributed by atoms with E-state index in [0.717, 1.165) is 71.2 Å². The molecular formula is C28H37F4N3Sn. The van der Waals surface area contributed by atoms with Gasteiger partial charge in [0.15, 0.2) is 0 Å². The van der Waals surface area contributed by atoms with E-state index in [1.807, 2.05) is 4.68 Å². The molecule has 0 fully saturated rings. The second-order valence-corrected chi connectivity index (χ2v) is 22.7. The van der Waals surface area contributed by atoms with Gasteiger partial charge in [-0.1, -0.05) is 0 Å². The summed E-state index contributed by atoms with van der Waals surface area (Å²) in [5.41, 5.74) is 1.85. The van der Waals surface area contributed by atoms with Crippen LogP contribution < -0.4 is 3.71 Å². The van der Waals surface area contributed by atoms with Gasteiger partial charge in [-0.15, -0.1) is 0 Å². The number of hydrogen-bond acceptors (Lipinski definition) is 2. The Labute approximate surface area is 216 Å². The molecule has 2 aromatic carbocycles. The van der Waals surface area contributed by atoms with Gasteiger partial charge in [0.05, 0.1) is 0 Å². The molecule has 0 unspecified atom stereocenters. The number of unbranched alkanes of at least 4 members (excludes halogenated alkanes) is 3. The van der Waals surface area contributed by atoms with Crippen LogP contribution in [0.25, 0.3) is 11.3 Å². The first-order valence-corrected chi connectivity index (χ1v) is 20.6. The van der Waals surface area contributed by atoms with Gasteiger partial charge < -0.3 is 0 Å². The Kier molecular flexibility index (Phi) is 10.4. The molecule has 8 heteroatoms. The molecule has 0 amide bonds. The molecule has 3 aromatic rings. The first-order chi connectivity index (χ1) is 17.2. The van der Waals surface area contributed by atoms with Gasteiger partial charge in [0.25, 0.3) is 0 Å². The van der Waals surface area contributed by atoms with E-state index < -0.39 is 30.1 Å². The van der Waals surface area contributed by atoms with E-state index in [0.29, 0.717) is 6.54 Å². The molecule has 1 heterocycles. The van der Waals surface area contributed by atoms with Gasteiger partial charge in [0.2, 0.25) is 0 Å². The Hall–Kier alpha value is -1.90.